The van der Waals surface area contributed by atoms with Gasteiger partial charge in [0.1, 0.15) is 34.6 Å². The molecule has 0 spiro atoms. The van der Waals surface area contributed by atoms with Crippen molar-refractivity contribution in [3.63, 3.8) is 0 Å². The number of hydrogen-bond acceptors (Lipinski definition) is 5. The molecule has 0 saturated heterocycles. The molecule has 1 aliphatic rings. The van der Waals surface area contributed by atoms with Gasteiger partial charge in [-0.15, -0.1) is 0 Å². The molecule has 40 heavy (non-hydrogen) atoms. The SMILES string of the molecule is CNC(=O)c1cc(Oc2ccc(NC(=O)Nc3cc(C4CCCC4)nn3-c3cc(F)cc(F)c3)c(Cl)c2)ccn1. The number of rotatable bonds is 7. The second-order valence-electron chi connectivity index (χ2n) is 9.25. The van der Waals surface area contributed by atoms with E-state index in [2.05, 4.69) is 26.0 Å². The Bertz CT molecular complexity index is 1550. The van der Waals surface area contributed by atoms with Crippen molar-refractivity contribution in [1.82, 2.24) is 20.1 Å². The summed E-state index contributed by atoms with van der Waals surface area (Å²) < 4.78 is 35.0. The average molecular weight is 567 g/mol. The number of carbonyl (C=O) groups excluding carboxylic acids is 2. The van der Waals surface area contributed by atoms with Crippen LogP contribution in [0.5, 0.6) is 11.5 Å². The topological polar surface area (TPSA) is 110 Å². The first-order valence-corrected chi connectivity index (χ1v) is 13.0. The van der Waals surface area contributed by atoms with Crippen LogP contribution >= 0.6 is 11.6 Å². The number of benzene rings is 2. The molecule has 0 atom stereocenters. The molecule has 1 saturated carbocycles. The van der Waals surface area contributed by atoms with E-state index in [1.807, 2.05) is 0 Å². The van der Waals surface area contributed by atoms with Crippen LogP contribution in [0.2, 0.25) is 5.02 Å². The number of halogens is 3. The van der Waals surface area contributed by atoms with Crippen molar-refractivity contribution in [1.29, 1.82) is 0 Å². The molecule has 1 aliphatic carbocycles. The molecule has 2 aromatic carbocycles. The lowest BCUT2D eigenvalue weighted by atomic mass is 10.0. The predicted octanol–water partition coefficient (Wildman–Crippen LogP) is 6.65. The van der Waals surface area contributed by atoms with Gasteiger partial charge >= 0.3 is 6.03 Å². The van der Waals surface area contributed by atoms with E-state index in [4.69, 9.17) is 16.3 Å². The number of ether oxygens (including phenoxy) is 1. The summed E-state index contributed by atoms with van der Waals surface area (Å²) in [5.74, 6) is -0.653. The van der Waals surface area contributed by atoms with E-state index in [0.717, 1.165) is 49.6 Å². The molecule has 0 radical (unpaired) electrons. The van der Waals surface area contributed by atoms with Crippen LogP contribution in [0.25, 0.3) is 5.69 Å². The van der Waals surface area contributed by atoms with Crippen LogP contribution in [-0.2, 0) is 0 Å². The summed E-state index contributed by atoms with van der Waals surface area (Å²) in [6.45, 7) is 0. The van der Waals surface area contributed by atoms with Crippen molar-refractivity contribution >= 4 is 35.0 Å². The number of nitrogens with zero attached hydrogens (tertiary/aromatic N) is 3. The Labute approximate surface area is 233 Å². The van der Waals surface area contributed by atoms with Gasteiger partial charge in [-0.05, 0) is 43.2 Å². The Balaban J connectivity index is 1.32. The number of carbonyl (C=O) groups is 2. The van der Waals surface area contributed by atoms with E-state index in [1.54, 1.807) is 24.3 Å². The average Bonchev–Trinajstić information content (AvgIpc) is 3.60. The normalized spacial score (nSPS) is 13.2. The van der Waals surface area contributed by atoms with Crippen molar-refractivity contribution in [2.24, 2.45) is 0 Å². The van der Waals surface area contributed by atoms with E-state index >= 15 is 0 Å². The van der Waals surface area contributed by atoms with Gasteiger partial charge in [-0.1, -0.05) is 24.4 Å². The monoisotopic (exact) mass is 566 g/mol. The number of anilines is 2. The van der Waals surface area contributed by atoms with Gasteiger partial charge in [0, 0.05) is 43.4 Å². The molecule has 3 N–H and O–H groups in total. The van der Waals surface area contributed by atoms with Crippen molar-refractivity contribution in [3.8, 4) is 17.2 Å². The van der Waals surface area contributed by atoms with Gasteiger partial charge < -0.3 is 15.4 Å². The molecule has 4 aromatic rings. The number of hydrogen-bond donors (Lipinski definition) is 3. The molecule has 12 heteroatoms. The van der Waals surface area contributed by atoms with Crippen molar-refractivity contribution < 1.29 is 23.1 Å². The molecule has 1 fully saturated rings. The van der Waals surface area contributed by atoms with Crippen molar-refractivity contribution in [2.75, 3.05) is 17.7 Å². The summed E-state index contributed by atoms with van der Waals surface area (Å²) in [6.07, 6.45) is 5.50. The Morgan fingerprint density at radius 3 is 2.40 bits per heavy atom. The zero-order chi connectivity index (χ0) is 28.2. The Kier molecular flexibility index (Phi) is 7.92. The second-order valence-corrected chi connectivity index (χ2v) is 9.66. The molecule has 0 unspecified atom stereocenters. The van der Waals surface area contributed by atoms with Crippen LogP contribution in [0.4, 0.5) is 25.1 Å². The maximum Gasteiger partial charge on any atom is 0.324 e. The molecule has 0 bridgehead atoms. The first kappa shape index (κ1) is 27.1. The third-order valence-electron chi connectivity index (χ3n) is 6.45. The Morgan fingerprint density at radius 1 is 0.975 bits per heavy atom. The van der Waals surface area contributed by atoms with Gasteiger partial charge in [0.05, 0.1) is 22.1 Å². The quantitative estimate of drug-likeness (QED) is 0.232. The largest absolute Gasteiger partial charge is 0.457 e. The number of amides is 3. The fourth-order valence-electron chi connectivity index (χ4n) is 4.56. The number of nitrogens with one attached hydrogen (secondary N) is 3. The van der Waals surface area contributed by atoms with E-state index in [0.29, 0.717) is 17.2 Å². The molecular formula is C28H25ClF2N6O3. The van der Waals surface area contributed by atoms with Crippen LogP contribution in [0.3, 0.4) is 0 Å². The highest BCUT2D eigenvalue weighted by Gasteiger charge is 2.23. The Morgan fingerprint density at radius 2 is 1.70 bits per heavy atom. The highest BCUT2D eigenvalue weighted by Crippen LogP contribution is 2.35. The van der Waals surface area contributed by atoms with Crippen molar-refractivity contribution in [2.45, 2.75) is 31.6 Å². The molecule has 2 aromatic heterocycles. The number of urea groups is 1. The van der Waals surface area contributed by atoms with Gasteiger partial charge in [0.2, 0.25) is 0 Å². The smallest absolute Gasteiger partial charge is 0.324 e. The third kappa shape index (κ3) is 6.20. The fourth-order valence-corrected chi connectivity index (χ4v) is 4.78. The summed E-state index contributed by atoms with van der Waals surface area (Å²) in [5, 5.41) is 12.6. The predicted molar refractivity (Wildman–Crippen MR) is 146 cm³/mol. The summed E-state index contributed by atoms with van der Waals surface area (Å²) in [7, 11) is 1.50. The van der Waals surface area contributed by atoms with Gasteiger partial charge in [-0.3, -0.25) is 15.1 Å². The summed E-state index contributed by atoms with van der Waals surface area (Å²) >= 11 is 6.40. The zero-order valence-corrected chi connectivity index (χ0v) is 22.1. The lowest BCUT2D eigenvalue weighted by Gasteiger charge is -2.12. The van der Waals surface area contributed by atoms with Crippen LogP contribution in [-0.4, -0.2) is 33.8 Å². The van der Waals surface area contributed by atoms with Crippen LogP contribution in [0.15, 0.2) is 60.8 Å². The minimum absolute atomic E-state index is 0.146. The fraction of sp³-hybridized carbons (Fsp3) is 0.214. The molecule has 2 heterocycles. The van der Waals surface area contributed by atoms with Crippen molar-refractivity contribution in [3.05, 3.63) is 88.8 Å². The summed E-state index contributed by atoms with van der Waals surface area (Å²) in [6, 6.07) is 11.9. The molecular weight excluding hydrogens is 542 g/mol. The van der Waals surface area contributed by atoms with E-state index in [-0.39, 0.29) is 34.0 Å². The van der Waals surface area contributed by atoms with Gasteiger partial charge in [0.25, 0.3) is 5.91 Å². The molecule has 5 rings (SSSR count). The van der Waals surface area contributed by atoms with Gasteiger partial charge in [0.15, 0.2) is 0 Å². The first-order chi connectivity index (χ1) is 19.3. The summed E-state index contributed by atoms with van der Waals surface area (Å²) in [5.41, 5.74) is 1.38. The van der Waals surface area contributed by atoms with E-state index in [9.17, 15) is 18.4 Å². The van der Waals surface area contributed by atoms with Crippen LogP contribution in [0.1, 0.15) is 47.8 Å². The van der Waals surface area contributed by atoms with E-state index < -0.39 is 17.7 Å². The highest BCUT2D eigenvalue weighted by molar-refractivity contribution is 6.34. The highest BCUT2D eigenvalue weighted by atomic mass is 35.5. The summed E-state index contributed by atoms with van der Waals surface area (Å²) in [4.78, 5) is 28.7. The maximum absolute atomic E-state index is 14.0. The Hall–Kier alpha value is -4.51. The third-order valence-corrected chi connectivity index (χ3v) is 6.76. The molecule has 206 valence electrons. The van der Waals surface area contributed by atoms with Crippen LogP contribution in [0, 0.1) is 11.6 Å². The molecule has 3 amide bonds. The minimum Gasteiger partial charge on any atom is -0.457 e. The lowest BCUT2D eigenvalue weighted by molar-refractivity contribution is 0.0957. The molecule has 0 aliphatic heterocycles. The second kappa shape index (κ2) is 11.7. The van der Waals surface area contributed by atoms with Crippen LogP contribution < -0.4 is 20.7 Å². The standard InChI is InChI=1S/C28H25ClF2N6O3/c1-32-27(38)25-14-21(8-9-33-25)40-20-6-7-23(22(29)13-20)34-28(39)35-26-15-24(16-4-2-3-5-16)36-37(26)19-11-17(30)10-18(31)12-19/h6-16H,2-5H2,1H3,(H,32,38)(H2,34,35,39). The zero-order valence-electron chi connectivity index (χ0n) is 21.4. The maximum atomic E-state index is 14.0. The van der Waals surface area contributed by atoms with Gasteiger partial charge in [-0.2, -0.15) is 5.10 Å². The molecule has 9 nitrogen and oxygen atoms in total. The number of aromatic nitrogens is 3. The minimum atomic E-state index is -0.756. The number of pyridine rings is 1. The van der Waals surface area contributed by atoms with E-state index in [1.165, 1.54) is 30.1 Å². The van der Waals surface area contributed by atoms with Gasteiger partial charge in [-0.25, -0.2) is 18.3 Å². The lowest BCUT2D eigenvalue weighted by Crippen LogP contribution is -2.21. The first-order valence-electron chi connectivity index (χ1n) is 12.6.